The van der Waals surface area contributed by atoms with Gasteiger partial charge in [0, 0.05) is 29.1 Å². The molecule has 0 aliphatic carbocycles. The van der Waals surface area contributed by atoms with Crippen LogP contribution < -0.4 is 14.8 Å². The van der Waals surface area contributed by atoms with Gasteiger partial charge in [-0.25, -0.2) is 4.79 Å². The van der Waals surface area contributed by atoms with E-state index in [0.717, 1.165) is 34.0 Å². The minimum atomic E-state index is -1.32. The van der Waals surface area contributed by atoms with Gasteiger partial charge in [0.1, 0.15) is 5.54 Å². The standard InChI is InChI=1S/C28H29N3O5/c1-17-6-9-21(10-7-17)31-18(2)14-22(19(31)3)23(32)16-30-26(33)28(4,29-27(30)34)20-8-11-24-25(15-20)36-13-5-12-35-24/h6-11,14-15H,5,12-13,16H2,1-4H3,(H,29,34)/t28-/m0/s1. The highest BCUT2D eigenvalue weighted by atomic mass is 16.5. The number of carbonyl (C=O) groups excluding carboxylic acids is 3. The molecule has 8 heteroatoms. The molecule has 2 aromatic carbocycles. The van der Waals surface area contributed by atoms with Gasteiger partial charge in [0.05, 0.1) is 19.8 Å². The molecule has 1 atom stereocenters. The number of ether oxygens (including phenoxy) is 2. The van der Waals surface area contributed by atoms with Crippen molar-refractivity contribution in [1.29, 1.82) is 0 Å². The van der Waals surface area contributed by atoms with E-state index < -0.39 is 17.5 Å². The molecule has 1 saturated heterocycles. The van der Waals surface area contributed by atoms with Crippen molar-refractivity contribution in [2.45, 2.75) is 39.7 Å². The highest BCUT2D eigenvalue weighted by Crippen LogP contribution is 2.36. The zero-order valence-electron chi connectivity index (χ0n) is 20.9. The Morgan fingerprint density at radius 1 is 0.972 bits per heavy atom. The van der Waals surface area contributed by atoms with E-state index in [1.54, 1.807) is 31.2 Å². The lowest BCUT2D eigenvalue weighted by atomic mass is 9.91. The predicted octanol–water partition coefficient (Wildman–Crippen LogP) is 4.21. The van der Waals surface area contributed by atoms with Crippen molar-refractivity contribution in [2.24, 2.45) is 0 Å². The van der Waals surface area contributed by atoms with Crippen molar-refractivity contribution >= 4 is 17.7 Å². The van der Waals surface area contributed by atoms with Gasteiger partial charge in [-0.05, 0) is 63.6 Å². The SMILES string of the molecule is Cc1ccc(-n2c(C)cc(C(=O)CN3C(=O)N[C@@](C)(c4ccc5c(c4)OCCCO5)C3=O)c2C)cc1. The zero-order valence-corrected chi connectivity index (χ0v) is 20.9. The quantitative estimate of drug-likeness (QED) is 0.430. The molecule has 1 aromatic heterocycles. The first-order valence-electron chi connectivity index (χ1n) is 12.0. The number of aromatic nitrogens is 1. The lowest BCUT2D eigenvalue weighted by Gasteiger charge is -2.23. The third-order valence-corrected chi connectivity index (χ3v) is 6.93. The van der Waals surface area contributed by atoms with E-state index in [1.807, 2.05) is 49.6 Å². The number of ketones is 1. The van der Waals surface area contributed by atoms with Gasteiger partial charge in [0.2, 0.25) is 0 Å². The third kappa shape index (κ3) is 3.92. The molecule has 8 nitrogen and oxygen atoms in total. The van der Waals surface area contributed by atoms with Crippen LogP contribution in [-0.2, 0) is 10.3 Å². The lowest BCUT2D eigenvalue weighted by molar-refractivity contribution is -0.130. The summed E-state index contributed by atoms with van der Waals surface area (Å²) in [5.41, 5.74) is 3.49. The van der Waals surface area contributed by atoms with Crippen molar-refractivity contribution in [3.63, 3.8) is 0 Å². The normalized spacial score (nSPS) is 19.3. The van der Waals surface area contributed by atoms with E-state index in [9.17, 15) is 14.4 Å². The van der Waals surface area contributed by atoms with E-state index >= 15 is 0 Å². The van der Waals surface area contributed by atoms with Crippen molar-refractivity contribution < 1.29 is 23.9 Å². The second-order valence-electron chi connectivity index (χ2n) is 9.54. The van der Waals surface area contributed by atoms with Gasteiger partial charge in [-0.1, -0.05) is 23.8 Å². The Morgan fingerprint density at radius 2 is 1.67 bits per heavy atom. The topological polar surface area (TPSA) is 89.9 Å². The van der Waals surface area contributed by atoms with Crippen LogP contribution in [0.15, 0.2) is 48.5 Å². The van der Waals surface area contributed by atoms with Crippen molar-refractivity contribution in [3.8, 4) is 17.2 Å². The van der Waals surface area contributed by atoms with Gasteiger partial charge in [-0.2, -0.15) is 0 Å². The summed E-state index contributed by atoms with van der Waals surface area (Å²) >= 11 is 0. The Morgan fingerprint density at radius 3 is 2.39 bits per heavy atom. The molecule has 1 fully saturated rings. The summed E-state index contributed by atoms with van der Waals surface area (Å²) in [4.78, 5) is 40.6. The van der Waals surface area contributed by atoms with Crippen molar-refractivity contribution in [2.75, 3.05) is 19.8 Å². The number of carbonyl (C=O) groups is 3. The highest BCUT2D eigenvalue weighted by molar-refractivity contribution is 6.11. The number of imide groups is 1. The minimum absolute atomic E-state index is 0.298. The number of hydrogen-bond acceptors (Lipinski definition) is 5. The highest BCUT2D eigenvalue weighted by Gasteiger charge is 2.50. The lowest BCUT2D eigenvalue weighted by Crippen LogP contribution is -2.41. The molecule has 36 heavy (non-hydrogen) atoms. The maximum absolute atomic E-state index is 13.5. The monoisotopic (exact) mass is 487 g/mol. The van der Waals surface area contributed by atoms with Gasteiger partial charge < -0.3 is 19.4 Å². The molecule has 0 unspecified atom stereocenters. The molecule has 5 rings (SSSR count). The summed E-state index contributed by atoms with van der Waals surface area (Å²) in [5.74, 6) is 0.356. The number of fused-ring (bicyclic) bond motifs is 1. The molecule has 1 N–H and O–H groups in total. The van der Waals surface area contributed by atoms with Crippen LogP contribution in [0.25, 0.3) is 5.69 Å². The van der Waals surface area contributed by atoms with Crippen LogP contribution in [0, 0.1) is 20.8 Å². The first kappa shape index (κ1) is 23.7. The number of hydrogen-bond donors (Lipinski definition) is 1. The van der Waals surface area contributed by atoms with Gasteiger partial charge in [-0.15, -0.1) is 0 Å². The van der Waals surface area contributed by atoms with Crippen LogP contribution in [0.1, 0.15) is 46.2 Å². The number of benzene rings is 2. The average molecular weight is 488 g/mol. The second-order valence-corrected chi connectivity index (χ2v) is 9.54. The molecule has 3 heterocycles. The molecule has 0 saturated carbocycles. The summed E-state index contributed by atoms with van der Waals surface area (Å²) in [5, 5.41) is 2.77. The maximum Gasteiger partial charge on any atom is 0.325 e. The maximum atomic E-state index is 13.5. The number of amides is 3. The van der Waals surface area contributed by atoms with E-state index in [1.165, 1.54) is 0 Å². The number of rotatable bonds is 5. The second kappa shape index (κ2) is 8.86. The van der Waals surface area contributed by atoms with Crippen LogP contribution in [-0.4, -0.2) is 46.9 Å². The molecule has 2 aliphatic heterocycles. The molecule has 3 amide bonds. The molecule has 2 aliphatic rings. The van der Waals surface area contributed by atoms with E-state index in [-0.39, 0.29) is 12.3 Å². The van der Waals surface area contributed by atoms with Crippen LogP contribution in [0.4, 0.5) is 4.79 Å². The van der Waals surface area contributed by atoms with Gasteiger partial charge in [0.15, 0.2) is 17.3 Å². The fraction of sp³-hybridized carbons (Fsp3) is 0.321. The van der Waals surface area contributed by atoms with Crippen LogP contribution in [0.2, 0.25) is 0 Å². The van der Waals surface area contributed by atoms with Crippen molar-refractivity contribution in [1.82, 2.24) is 14.8 Å². The van der Waals surface area contributed by atoms with E-state index in [2.05, 4.69) is 5.32 Å². The summed E-state index contributed by atoms with van der Waals surface area (Å²) in [6.07, 6.45) is 0.761. The van der Waals surface area contributed by atoms with E-state index in [0.29, 0.717) is 35.8 Å². The molecular formula is C28H29N3O5. The van der Waals surface area contributed by atoms with Crippen LogP contribution in [0.5, 0.6) is 11.5 Å². The Kier molecular flexibility index (Phi) is 5.82. The summed E-state index contributed by atoms with van der Waals surface area (Å²) in [6, 6.07) is 14.4. The first-order valence-corrected chi connectivity index (χ1v) is 12.0. The molecule has 0 radical (unpaired) electrons. The number of urea groups is 1. The zero-order chi connectivity index (χ0) is 25.6. The molecule has 3 aromatic rings. The number of Topliss-reactive ketones (excluding diaryl/α,β-unsaturated/α-hetero) is 1. The van der Waals surface area contributed by atoms with Gasteiger partial charge >= 0.3 is 6.03 Å². The Labute approximate surface area is 209 Å². The minimum Gasteiger partial charge on any atom is -0.490 e. The third-order valence-electron chi connectivity index (χ3n) is 6.93. The summed E-state index contributed by atoms with van der Waals surface area (Å²) in [7, 11) is 0. The largest absolute Gasteiger partial charge is 0.490 e. The molecular weight excluding hydrogens is 458 g/mol. The Bertz CT molecular complexity index is 1370. The molecule has 186 valence electrons. The van der Waals surface area contributed by atoms with Crippen molar-refractivity contribution in [3.05, 3.63) is 76.6 Å². The Balaban J connectivity index is 1.39. The molecule has 0 bridgehead atoms. The summed E-state index contributed by atoms with van der Waals surface area (Å²) in [6.45, 7) is 8.18. The first-order chi connectivity index (χ1) is 17.2. The van der Waals surface area contributed by atoms with Crippen LogP contribution in [0.3, 0.4) is 0 Å². The van der Waals surface area contributed by atoms with E-state index in [4.69, 9.17) is 9.47 Å². The molecule has 0 spiro atoms. The van der Waals surface area contributed by atoms with Gasteiger partial charge in [0.25, 0.3) is 5.91 Å². The number of nitrogens with zero attached hydrogens (tertiary/aromatic N) is 2. The number of nitrogens with one attached hydrogen (secondary N) is 1. The fourth-order valence-electron chi connectivity index (χ4n) is 4.88. The fourth-order valence-corrected chi connectivity index (χ4v) is 4.88. The predicted molar refractivity (Wildman–Crippen MR) is 134 cm³/mol. The Hall–Kier alpha value is -4.07. The van der Waals surface area contributed by atoms with Gasteiger partial charge in [-0.3, -0.25) is 14.5 Å². The van der Waals surface area contributed by atoms with Crippen LogP contribution >= 0.6 is 0 Å². The summed E-state index contributed by atoms with van der Waals surface area (Å²) < 4.78 is 13.4. The average Bonchev–Trinajstić information content (AvgIpc) is 3.13. The number of aryl methyl sites for hydroxylation is 2. The smallest absolute Gasteiger partial charge is 0.325 e.